The first kappa shape index (κ1) is 16.8. The number of aromatic amines is 1. The first-order valence-electron chi connectivity index (χ1n) is 7.73. The van der Waals surface area contributed by atoms with Crippen LogP contribution in [0.4, 0.5) is 0 Å². The zero-order chi connectivity index (χ0) is 14.7. The average Bonchev–Trinajstić information content (AvgIpc) is 2.97. The number of hydrogen-bond donors (Lipinski definition) is 3. The molecule has 1 aromatic carbocycles. The number of fused-ring (bicyclic) bond motifs is 1. The number of para-hydroxylation sites is 1. The van der Waals surface area contributed by atoms with E-state index in [4.69, 9.17) is 5.73 Å². The van der Waals surface area contributed by atoms with Crippen LogP contribution < -0.4 is 11.1 Å². The van der Waals surface area contributed by atoms with Gasteiger partial charge in [0.25, 0.3) is 5.91 Å². The zero-order valence-electron chi connectivity index (χ0n) is 12.5. The van der Waals surface area contributed by atoms with Gasteiger partial charge in [0, 0.05) is 18.0 Å². The Morgan fingerprint density at radius 3 is 2.77 bits per heavy atom. The third kappa shape index (κ3) is 3.42. The van der Waals surface area contributed by atoms with Gasteiger partial charge in [-0.15, -0.1) is 12.4 Å². The largest absolute Gasteiger partial charge is 0.346 e. The van der Waals surface area contributed by atoms with E-state index in [9.17, 15) is 4.79 Å². The Kier molecular flexibility index (Phi) is 5.80. The topological polar surface area (TPSA) is 83.8 Å². The Labute approximate surface area is 136 Å². The molecule has 1 atom stereocenters. The number of rotatable bonds is 4. The molecule has 1 aliphatic carbocycles. The molecular weight excluding hydrogens is 300 g/mol. The SMILES string of the molecule is Cl.NCC(NC(=O)c1n[nH]c2ccccc12)C1CCCCC1. The normalized spacial score (nSPS) is 17.0. The number of nitrogens with one attached hydrogen (secondary N) is 2. The summed E-state index contributed by atoms with van der Waals surface area (Å²) in [5.74, 6) is 0.367. The van der Waals surface area contributed by atoms with Crippen LogP contribution in [-0.4, -0.2) is 28.7 Å². The van der Waals surface area contributed by atoms with Crippen molar-refractivity contribution in [3.05, 3.63) is 30.0 Å². The Balaban J connectivity index is 0.00000176. The van der Waals surface area contributed by atoms with E-state index in [0.29, 0.717) is 18.2 Å². The van der Waals surface area contributed by atoms with E-state index >= 15 is 0 Å². The lowest BCUT2D eigenvalue weighted by atomic mass is 9.84. The molecule has 0 saturated heterocycles. The number of H-pyrrole nitrogens is 1. The number of halogens is 1. The fraction of sp³-hybridized carbons (Fsp3) is 0.500. The van der Waals surface area contributed by atoms with E-state index in [2.05, 4.69) is 15.5 Å². The molecule has 3 rings (SSSR count). The van der Waals surface area contributed by atoms with E-state index in [0.717, 1.165) is 23.7 Å². The van der Waals surface area contributed by atoms with E-state index in [1.165, 1.54) is 19.3 Å². The number of carbonyl (C=O) groups is 1. The molecule has 2 aromatic rings. The molecule has 4 N–H and O–H groups in total. The quantitative estimate of drug-likeness (QED) is 0.809. The first-order chi connectivity index (χ1) is 10.3. The summed E-state index contributed by atoms with van der Waals surface area (Å²) in [7, 11) is 0. The molecule has 1 unspecified atom stereocenters. The molecule has 1 fully saturated rings. The van der Waals surface area contributed by atoms with Gasteiger partial charge in [0.1, 0.15) is 0 Å². The summed E-state index contributed by atoms with van der Waals surface area (Å²) in [6, 6.07) is 7.71. The molecule has 1 heterocycles. The summed E-state index contributed by atoms with van der Waals surface area (Å²) in [6.07, 6.45) is 6.09. The van der Waals surface area contributed by atoms with Crippen molar-refractivity contribution in [1.29, 1.82) is 0 Å². The summed E-state index contributed by atoms with van der Waals surface area (Å²) in [6.45, 7) is 0.485. The second-order valence-corrected chi connectivity index (χ2v) is 5.83. The Hall–Kier alpha value is -1.59. The average molecular weight is 323 g/mol. The zero-order valence-corrected chi connectivity index (χ0v) is 13.4. The van der Waals surface area contributed by atoms with Crippen LogP contribution in [0, 0.1) is 5.92 Å². The molecule has 120 valence electrons. The number of hydrogen-bond acceptors (Lipinski definition) is 3. The second-order valence-electron chi connectivity index (χ2n) is 5.83. The standard InChI is InChI=1S/C16H22N4O.ClH/c17-10-14(11-6-2-1-3-7-11)18-16(21)15-12-8-4-5-9-13(12)19-20-15;/h4-5,8-9,11,14H,1-3,6-7,10,17H2,(H,18,21)(H,19,20);1H. The van der Waals surface area contributed by atoms with E-state index in [1.807, 2.05) is 24.3 Å². The molecule has 0 bridgehead atoms. The van der Waals surface area contributed by atoms with E-state index < -0.39 is 0 Å². The van der Waals surface area contributed by atoms with Gasteiger partial charge in [-0.2, -0.15) is 5.10 Å². The van der Waals surface area contributed by atoms with Gasteiger partial charge in [0.2, 0.25) is 0 Å². The van der Waals surface area contributed by atoms with Crippen LogP contribution in [0.2, 0.25) is 0 Å². The summed E-state index contributed by atoms with van der Waals surface area (Å²) in [5.41, 5.74) is 7.21. The summed E-state index contributed by atoms with van der Waals surface area (Å²) in [5, 5.41) is 11.0. The monoisotopic (exact) mass is 322 g/mol. The number of nitrogens with zero attached hydrogens (tertiary/aromatic N) is 1. The lowest BCUT2D eigenvalue weighted by Crippen LogP contribution is -2.46. The van der Waals surface area contributed by atoms with Gasteiger partial charge in [-0.1, -0.05) is 37.5 Å². The lowest BCUT2D eigenvalue weighted by molar-refractivity contribution is 0.0912. The van der Waals surface area contributed by atoms with E-state index in [-0.39, 0.29) is 24.4 Å². The van der Waals surface area contributed by atoms with Crippen molar-refractivity contribution in [1.82, 2.24) is 15.5 Å². The van der Waals surface area contributed by atoms with Crippen molar-refractivity contribution in [3.8, 4) is 0 Å². The van der Waals surface area contributed by atoms with Crippen LogP contribution >= 0.6 is 12.4 Å². The smallest absolute Gasteiger partial charge is 0.272 e. The van der Waals surface area contributed by atoms with Crippen molar-refractivity contribution in [2.75, 3.05) is 6.54 Å². The number of amides is 1. The molecule has 1 aromatic heterocycles. The van der Waals surface area contributed by atoms with Gasteiger partial charge in [-0.3, -0.25) is 9.89 Å². The molecule has 6 heteroatoms. The van der Waals surface area contributed by atoms with Crippen molar-refractivity contribution >= 4 is 29.2 Å². The van der Waals surface area contributed by atoms with Crippen LogP contribution in [0.5, 0.6) is 0 Å². The molecular formula is C16H23ClN4O. The van der Waals surface area contributed by atoms with Crippen molar-refractivity contribution < 1.29 is 4.79 Å². The van der Waals surface area contributed by atoms with E-state index in [1.54, 1.807) is 0 Å². The molecule has 1 amide bonds. The molecule has 0 aliphatic heterocycles. The maximum atomic E-state index is 12.5. The highest BCUT2D eigenvalue weighted by atomic mass is 35.5. The summed E-state index contributed by atoms with van der Waals surface area (Å²) in [4.78, 5) is 12.5. The number of carbonyl (C=O) groups excluding carboxylic acids is 1. The van der Waals surface area contributed by atoms with Gasteiger partial charge >= 0.3 is 0 Å². The van der Waals surface area contributed by atoms with Crippen molar-refractivity contribution in [2.24, 2.45) is 11.7 Å². The predicted molar refractivity (Wildman–Crippen MR) is 90.2 cm³/mol. The van der Waals surface area contributed by atoms with Crippen LogP contribution in [0.3, 0.4) is 0 Å². The summed E-state index contributed by atoms with van der Waals surface area (Å²) < 4.78 is 0. The fourth-order valence-corrected chi connectivity index (χ4v) is 3.28. The Bertz CT molecular complexity index is 621. The minimum atomic E-state index is -0.131. The highest BCUT2D eigenvalue weighted by molar-refractivity contribution is 6.04. The maximum Gasteiger partial charge on any atom is 0.272 e. The molecule has 1 saturated carbocycles. The molecule has 0 spiro atoms. The first-order valence-corrected chi connectivity index (χ1v) is 7.73. The molecule has 22 heavy (non-hydrogen) atoms. The van der Waals surface area contributed by atoms with Gasteiger partial charge in [-0.25, -0.2) is 0 Å². The maximum absolute atomic E-state index is 12.5. The van der Waals surface area contributed by atoms with Crippen LogP contribution in [-0.2, 0) is 0 Å². The molecule has 0 radical (unpaired) electrons. The third-order valence-corrected chi connectivity index (χ3v) is 4.47. The second kappa shape index (κ2) is 7.61. The highest BCUT2D eigenvalue weighted by Crippen LogP contribution is 2.26. The van der Waals surface area contributed by atoms with Gasteiger partial charge < -0.3 is 11.1 Å². The van der Waals surface area contributed by atoms with Crippen LogP contribution in [0.15, 0.2) is 24.3 Å². The predicted octanol–water partition coefficient (Wildman–Crippen LogP) is 2.62. The van der Waals surface area contributed by atoms with Crippen LogP contribution in [0.25, 0.3) is 10.9 Å². The van der Waals surface area contributed by atoms with Gasteiger partial charge in [-0.05, 0) is 24.8 Å². The highest BCUT2D eigenvalue weighted by Gasteiger charge is 2.25. The Morgan fingerprint density at radius 2 is 2.05 bits per heavy atom. The molecule has 5 nitrogen and oxygen atoms in total. The van der Waals surface area contributed by atoms with Gasteiger partial charge in [0.15, 0.2) is 5.69 Å². The van der Waals surface area contributed by atoms with Gasteiger partial charge in [0.05, 0.1) is 5.52 Å². The van der Waals surface area contributed by atoms with Crippen LogP contribution in [0.1, 0.15) is 42.6 Å². The van der Waals surface area contributed by atoms with Crippen molar-refractivity contribution in [3.63, 3.8) is 0 Å². The third-order valence-electron chi connectivity index (χ3n) is 4.47. The Morgan fingerprint density at radius 1 is 1.32 bits per heavy atom. The lowest BCUT2D eigenvalue weighted by Gasteiger charge is -2.29. The fourth-order valence-electron chi connectivity index (χ4n) is 3.28. The summed E-state index contributed by atoms with van der Waals surface area (Å²) >= 11 is 0. The minimum Gasteiger partial charge on any atom is -0.346 e. The number of aromatic nitrogens is 2. The molecule has 1 aliphatic rings. The number of nitrogens with two attached hydrogens (primary N) is 1. The minimum absolute atomic E-state index is 0. The number of benzene rings is 1. The van der Waals surface area contributed by atoms with Crippen molar-refractivity contribution in [2.45, 2.75) is 38.1 Å².